The second-order valence-electron chi connectivity index (χ2n) is 4.27. The van der Waals surface area contributed by atoms with E-state index in [1.165, 1.54) is 0 Å². The minimum absolute atomic E-state index is 0.288. The summed E-state index contributed by atoms with van der Waals surface area (Å²) in [5.74, 6) is 0. The number of aromatic nitrogens is 1. The fourth-order valence-corrected chi connectivity index (χ4v) is 1.59. The quantitative estimate of drug-likeness (QED) is 0.887. The van der Waals surface area contributed by atoms with Crippen LogP contribution in [-0.2, 0) is 0 Å². The molecule has 0 atom stereocenters. The zero-order valence-electron chi connectivity index (χ0n) is 10.9. The molecule has 2 N–H and O–H groups in total. The van der Waals surface area contributed by atoms with E-state index in [9.17, 15) is 4.79 Å². The van der Waals surface area contributed by atoms with E-state index >= 15 is 0 Å². The van der Waals surface area contributed by atoms with Gasteiger partial charge in [-0.2, -0.15) is 0 Å². The lowest BCUT2D eigenvalue weighted by Crippen LogP contribution is -2.19. The number of hydrogen-bond acceptors (Lipinski definition) is 3. The molecule has 2 rings (SSSR count). The molecule has 2 amide bonds. The Hall–Kier alpha value is -2.56. The zero-order chi connectivity index (χ0) is 13.7. The first-order valence-electron chi connectivity index (χ1n) is 5.90. The first-order valence-corrected chi connectivity index (χ1v) is 5.90. The average molecular weight is 256 g/mol. The van der Waals surface area contributed by atoms with Crippen molar-refractivity contribution in [2.45, 2.75) is 0 Å². The Kier molecular flexibility index (Phi) is 3.97. The van der Waals surface area contributed by atoms with Crippen LogP contribution in [0.3, 0.4) is 0 Å². The summed E-state index contributed by atoms with van der Waals surface area (Å²) in [7, 11) is 3.91. The summed E-state index contributed by atoms with van der Waals surface area (Å²) in [6, 6.07) is 10.9. The standard InChI is InChI=1S/C14H16N4O/c1-18(2)13-7-3-5-11(9-13)16-14(19)17-12-6-4-8-15-10-12/h3-10H,1-2H3,(H2,16,17,19). The fraction of sp³-hybridized carbons (Fsp3) is 0.143. The summed E-state index contributed by atoms with van der Waals surface area (Å²) in [4.78, 5) is 17.7. The maximum Gasteiger partial charge on any atom is 0.323 e. The number of rotatable bonds is 3. The molecule has 0 aliphatic carbocycles. The molecule has 0 unspecified atom stereocenters. The van der Waals surface area contributed by atoms with Gasteiger partial charge in [-0.3, -0.25) is 4.98 Å². The van der Waals surface area contributed by atoms with Crippen LogP contribution >= 0.6 is 0 Å². The van der Waals surface area contributed by atoms with Crippen molar-refractivity contribution in [3.8, 4) is 0 Å². The number of urea groups is 1. The molecular formula is C14H16N4O. The minimum Gasteiger partial charge on any atom is -0.378 e. The van der Waals surface area contributed by atoms with Gasteiger partial charge in [-0.05, 0) is 30.3 Å². The molecular weight excluding hydrogens is 240 g/mol. The van der Waals surface area contributed by atoms with Crippen LogP contribution in [0.1, 0.15) is 0 Å². The van der Waals surface area contributed by atoms with Gasteiger partial charge >= 0.3 is 6.03 Å². The van der Waals surface area contributed by atoms with Gasteiger partial charge in [-0.1, -0.05) is 6.07 Å². The topological polar surface area (TPSA) is 57.3 Å². The first-order chi connectivity index (χ1) is 9.15. The maximum absolute atomic E-state index is 11.8. The van der Waals surface area contributed by atoms with Crippen LogP contribution in [0.25, 0.3) is 0 Å². The summed E-state index contributed by atoms with van der Waals surface area (Å²) >= 11 is 0. The molecule has 19 heavy (non-hydrogen) atoms. The van der Waals surface area contributed by atoms with E-state index in [4.69, 9.17) is 0 Å². The van der Waals surface area contributed by atoms with Gasteiger partial charge in [0.1, 0.15) is 0 Å². The Morgan fingerprint density at radius 1 is 1.11 bits per heavy atom. The van der Waals surface area contributed by atoms with Crippen molar-refractivity contribution >= 4 is 23.1 Å². The molecule has 2 aromatic rings. The average Bonchev–Trinajstić information content (AvgIpc) is 2.40. The molecule has 0 spiro atoms. The molecule has 0 saturated carbocycles. The van der Waals surface area contributed by atoms with Crippen LogP contribution in [-0.4, -0.2) is 25.1 Å². The van der Waals surface area contributed by atoms with E-state index in [1.54, 1.807) is 24.5 Å². The van der Waals surface area contributed by atoms with Crippen molar-refractivity contribution in [2.75, 3.05) is 29.6 Å². The maximum atomic E-state index is 11.8. The zero-order valence-corrected chi connectivity index (χ0v) is 10.9. The second kappa shape index (κ2) is 5.86. The smallest absolute Gasteiger partial charge is 0.323 e. The number of nitrogens with zero attached hydrogens (tertiary/aromatic N) is 2. The molecule has 0 bridgehead atoms. The molecule has 1 aromatic carbocycles. The number of carbonyl (C=O) groups is 1. The van der Waals surface area contributed by atoms with Crippen LogP contribution in [0, 0.1) is 0 Å². The Balaban J connectivity index is 2.01. The Labute approximate surface area is 112 Å². The molecule has 0 aliphatic heterocycles. The van der Waals surface area contributed by atoms with Crippen molar-refractivity contribution in [2.24, 2.45) is 0 Å². The number of hydrogen-bond donors (Lipinski definition) is 2. The van der Waals surface area contributed by atoms with E-state index in [2.05, 4.69) is 15.6 Å². The summed E-state index contributed by atoms with van der Waals surface area (Å²) in [5.41, 5.74) is 2.43. The minimum atomic E-state index is -0.288. The highest BCUT2D eigenvalue weighted by atomic mass is 16.2. The van der Waals surface area contributed by atoms with Crippen molar-refractivity contribution in [3.05, 3.63) is 48.8 Å². The van der Waals surface area contributed by atoms with Gasteiger partial charge in [-0.15, -0.1) is 0 Å². The lowest BCUT2D eigenvalue weighted by molar-refractivity contribution is 0.262. The first kappa shape index (κ1) is 12.9. The van der Waals surface area contributed by atoms with Crippen molar-refractivity contribution in [3.63, 3.8) is 0 Å². The lowest BCUT2D eigenvalue weighted by Gasteiger charge is -2.14. The van der Waals surface area contributed by atoms with Crippen molar-refractivity contribution in [1.29, 1.82) is 0 Å². The summed E-state index contributed by atoms with van der Waals surface area (Å²) in [5, 5.41) is 5.49. The van der Waals surface area contributed by atoms with E-state index in [1.807, 2.05) is 43.3 Å². The van der Waals surface area contributed by atoms with E-state index in [0.717, 1.165) is 11.4 Å². The lowest BCUT2D eigenvalue weighted by atomic mass is 10.2. The number of amides is 2. The normalized spacial score (nSPS) is 9.79. The van der Waals surface area contributed by atoms with Gasteiger partial charge in [0, 0.05) is 31.7 Å². The Morgan fingerprint density at radius 2 is 1.84 bits per heavy atom. The van der Waals surface area contributed by atoms with Gasteiger partial charge in [0.25, 0.3) is 0 Å². The SMILES string of the molecule is CN(C)c1cccc(NC(=O)Nc2cccnc2)c1. The second-order valence-corrected chi connectivity index (χ2v) is 4.27. The van der Waals surface area contributed by atoms with Crippen LogP contribution in [0.15, 0.2) is 48.8 Å². The molecule has 98 valence electrons. The van der Waals surface area contributed by atoms with Crippen LogP contribution in [0.2, 0.25) is 0 Å². The van der Waals surface area contributed by atoms with Crippen LogP contribution < -0.4 is 15.5 Å². The third-order valence-corrected chi connectivity index (χ3v) is 2.54. The van der Waals surface area contributed by atoms with E-state index in [-0.39, 0.29) is 6.03 Å². The van der Waals surface area contributed by atoms with Gasteiger partial charge in [0.15, 0.2) is 0 Å². The molecule has 5 heteroatoms. The number of pyridine rings is 1. The highest BCUT2D eigenvalue weighted by molar-refractivity contribution is 5.99. The fourth-order valence-electron chi connectivity index (χ4n) is 1.59. The molecule has 1 aromatic heterocycles. The third-order valence-electron chi connectivity index (χ3n) is 2.54. The number of nitrogens with one attached hydrogen (secondary N) is 2. The van der Waals surface area contributed by atoms with Crippen LogP contribution in [0.4, 0.5) is 21.9 Å². The van der Waals surface area contributed by atoms with Crippen molar-refractivity contribution < 1.29 is 4.79 Å². The molecule has 5 nitrogen and oxygen atoms in total. The largest absolute Gasteiger partial charge is 0.378 e. The van der Waals surface area contributed by atoms with Gasteiger partial charge in [0.05, 0.1) is 11.9 Å². The van der Waals surface area contributed by atoms with Crippen molar-refractivity contribution in [1.82, 2.24) is 4.98 Å². The highest BCUT2D eigenvalue weighted by Crippen LogP contribution is 2.17. The number of anilines is 3. The molecule has 0 aliphatic rings. The molecule has 0 fully saturated rings. The highest BCUT2D eigenvalue weighted by Gasteiger charge is 2.03. The predicted octanol–water partition coefficient (Wildman–Crippen LogP) is 2.79. The van der Waals surface area contributed by atoms with E-state index < -0.39 is 0 Å². The third kappa shape index (κ3) is 3.70. The number of carbonyl (C=O) groups excluding carboxylic acids is 1. The van der Waals surface area contributed by atoms with Gasteiger partial charge < -0.3 is 15.5 Å². The molecule has 1 heterocycles. The Morgan fingerprint density at radius 3 is 2.53 bits per heavy atom. The van der Waals surface area contributed by atoms with Gasteiger partial charge in [-0.25, -0.2) is 4.79 Å². The molecule has 0 radical (unpaired) electrons. The Bertz CT molecular complexity index is 554. The predicted molar refractivity (Wildman–Crippen MR) is 77.6 cm³/mol. The summed E-state index contributed by atoms with van der Waals surface area (Å²) in [6.07, 6.45) is 3.25. The molecule has 0 saturated heterocycles. The summed E-state index contributed by atoms with van der Waals surface area (Å²) in [6.45, 7) is 0. The van der Waals surface area contributed by atoms with Crippen LogP contribution in [0.5, 0.6) is 0 Å². The van der Waals surface area contributed by atoms with E-state index in [0.29, 0.717) is 5.69 Å². The monoisotopic (exact) mass is 256 g/mol. The summed E-state index contributed by atoms with van der Waals surface area (Å²) < 4.78 is 0. The number of benzene rings is 1. The van der Waals surface area contributed by atoms with Gasteiger partial charge in [0.2, 0.25) is 0 Å².